The van der Waals surface area contributed by atoms with Gasteiger partial charge in [0.1, 0.15) is 41.4 Å². The first-order chi connectivity index (χ1) is 21.7. The van der Waals surface area contributed by atoms with E-state index in [2.05, 4.69) is 54.9 Å². The number of aryl methyl sites for hydroxylation is 1. The molecule has 0 fully saturated rings. The summed E-state index contributed by atoms with van der Waals surface area (Å²) in [5, 5.41) is 13.7. The molecule has 1 aromatic heterocycles. The lowest BCUT2D eigenvalue weighted by molar-refractivity contribution is 0.243. The fourth-order valence-electron chi connectivity index (χ4n) is 4.98. The molecule has 0 spiro atoms. The Bertz CT molecular complexity index is 1680. The molecule has 1 heterocycles. The van der Waals surface area contributed by atoms with E-state index in [1.165, 1.54) is 0 Å². The van der Waals surface area contributed by atoms with E-state index in [1.54, 1.807) is 17.4 Å². The predicted octanol–water partition coefficient (Wildman–Crippen LogP) is 10.0. The number of benzene rings is 4. The van der Waals surface area contributed by atoms with E-state index >= 15 is 0 Å². The van der Waals surface area contributed by atoms with Crippen molar-refractivity contribution >= 4 is 11.3 Å². The first-order valence-electron chi connectivity index (χ1n) is 15.1. The summed E-state index contributed by atoms with van der Waals surface area (Å²) in [5.74, 6) is 3.71. The first-order valence-corrected chi connectivity index (χ1v) is 16.0. The van der Waals surface area contributed by atoms with Crippen molar-refractivity contribution < 1.29 is 18.9 Å². The van der Waals surface area contributed by atoms with Crippen molar-refractivity contribution in [1.29, 1.82) is 5.26 Å². The minimum absolute atomic E-state index is 0.488. The van der Waals surface area contributed by atoms with Gasteiger partial charge in [0.05, 0.1) is 18.8 Å². The van der Waals surface area contributed by atoms with Crippen molar-refractivity contribution in [2.24, 2.45) is 0 Å². The Labute approximate surface area is 264 Å². The van der Waals surface area contributed by atoms with Crippen molar-refractivity contribution in [3.8, 4) is 45.9 Å². The Morgan fingerprint density at radius 2 is 1.48 bits per heavy atom. The van der Waals surface area contributed by atoms with Crippen molar-refractivity contribution in [1.82, 2.24) is 0 Å². The van der Waals surface area contributed by atoms with E-state index in [0.29, 0.717) is 43.3 Å². The van der Waals surface area contributed by atoms with E-state index in [-0.39, 0.29) is 0 Å². The van der Waals surface area contributed by atoms with Gasteiger partial charge in [-0.1, -0.05) is 68.8 Å². The van der Waals surface area contributed by atoms with Gasteiger partial charge < -0.3 is 18.9 Å². The number of nitrogens with zero attached hydrogens (tertiary/aromatic N) is 1. The number of hydrogen-bond acceptors (Lipinski definition) is 6. The average Bonchev–Trinajstić information content (AvgIpc) is 3.60. The second kappa shape index (κ2) is 15.7. The van der Waals surface area contributed by atoms with Crippen LogP contribution in [0.15, 0.2) is 102 Å². The summed E-state index contributed by atoms with van der Waals surface area (Å²) in [6, 6.07) is 31.9. The van der Waals surface area contributed by atoms with Crippen LogP contribution >= 0.6 is 11.3 Å². The highest BCUT2D eigenvalue weighted by molar-refractivity contribution is 7.08. The average molecular weight is 604 g/mol. The van der Waals surface area contributed by atoms with Gasteiger partial charge in [-0.05, 0) is 76.7 Å². The van der Waals surface area contributed by atoms with E-state index in [9.17, 15) is 5.26 Å². The minimum atomic E-state index is 0.488. The molecule has 0 N–H and O–H groups in total. The maximum absolute atomic E-state index is 9.48. The molecule has 224 valence electrons. The van der Waals surface area contributed by atoms with Crippen LogP contribution in [0.5, 0.6) is 28.7 Å². The van der Waals surface area contributed by atoms with Crippen LogP contribution in [0, 0.1) is 11.3 Å². The summed E-state index contributed by atoms with van der Waals surface area (Å²) in [6.45, 7) is 5.77. The highest BCUT2D eigenvalue weighted by Gasteiger charge is 2.15. The fraction of sp³-hybridized carbons (Fsp3) is 0.237. The number of para-hydroxylation sites is 1. The Balaban J connectivity index is 1.25. The molecule has 5 rings (SSSR count). The molecule has 0 aliphatic carbocycles. The van der Waals surface area contributed by atoms with Gasteiger partial charge in [-0.15, -0.1) is 0 Å². The molecule has 5 nitrogen and oxygen atoms in total. The van der Waals surface area contributed by atoms with Gasteiger partial charge in [0.2, 0.25) is 0 Å². The predicted molar refractivity (Wildman–Crippen MR) is 177 cm³/mol. The molecule has 0 aliphatic heterocycles. The van der Waals surface area contributed by atoms with Crippen LogP contribution in [-0.4, -0.2) is 13.2 Å². The number of nitriles is 1. The molecule has 0 amide bonds. The van der Waals surface area contributed by atoms with Crippen LogP contribution in [0.3, 0.4) is 0 Å². The van der Waals surface area contributed by atoms with Crippen LogP contribution in [-0.2, 0) is 19.4 Å². The number of thiophene rings is 1. The highest BCUT2D eigenvalue weighted by atomic mass is 32.1. The molecule has 0 unspecified atom stereocenters. The second-order valence-electron chi connectivity index (χ2n) is 10.3. The highest BCUT2D eigenvalue weighted by Crippen LogP contribution is 2.38. The van der Waals surface area contributed by atoms with E-state index in [1.807, 2.05) is 60.7 Å². The quantitative estimate of drug-likeness (QED) is 0.111. The third kappa shape index (κ3) is 7.80. The molecule has 0 radical (unpaired) electrons. The van der Waals surface area contributed by atoms with Crippen LogP contribution in [0.25, 0.3) is 11.1 Å². The Hall–Kier alpha value is -4.73. The monoisotopic (exact) mass is 603 g/mol. The van der Waals surface area contributed by atoms with Crippen molar-refractivity contribution in [3.05, 3.63) is 124 Å². The molecule has 0 saturated heterocycles. The molecular weight excluding hydrogens is 566 g/mol. The van der Waals surface area contributed by atoms with Gasteiger partial charge in [0.25, 0.3) is 0 Å². The summed E-state index contributed by atoms with van der Waals surface area (Å²) in [5.41, 5.74) is 6.00. The SMILES string of the molecule is CCCc1c(OCCCOc2cc(OCc3ccccc3)c(-c3ccsc3)cc2CC)cccc1Oc1ccccc1C#N. The van der Waals surface area contributed by atoms with E-state index in [0.717, 1.165) is 64.3 Å². The summed E-state index contributed by atoms with van der Waals surface area (Å²) in [4.78, 5) is 0. The normalized spacial score (nSPS) is 10.7. The maximum atomic E-state index is 9.48. The number of ether oxygens (including phenoxy) is 4. The van der Waals surface area contributed by atoms with Gasteiger partial charge in [0, 0.05) is 23.6 Å². The van der Waals surface area contributed by atoms with Gasteiger partial charge in [-0.2, -0.15) is 16.6 Å². The summed E-state index contributed by atoms with van der Waals surface area (Å²) >= 11 is 1.68. The summed E-state index contributed by atoms with van der Waals surface area (Å²) < 4.78 is 25.1. The van der Waals surface area contributed by atoms with Crippen molar-refractivity contribution in [2.45, 2.75) is 46.1 Å². The fourth-order valence-corrected chi connectivity index (χ4v) is 5.63. The zero-order valence-corrected chi connectivity index (χ0v) is 26.1. The van der Waals surface area contributed by atoms with Crippen LogP contribution < -0.4 is 18.9 Å². The molecule has 5 aromatic rings. The van der Waals surface area contributed by atoms with Gasteiger partial charge in [-0.3, -0.25) is 0 Å². The van der Waals surface area contributed by atoms with Crippen molar-refractivity contribution in [3.63, 3.8) is 0 Å². The third-order valence-electron chi connectivity index (χ3n) is 7.23. The molecule has 0 bridgehead atoms. The van der Waals surface area contributed by atoms with Crippen LogP contribution in [0.1, 0.15) is 48.9 Å². The molecular formula is C38H37NO4S. The van der Waals surface area contributed by atoms with Crippen LogP contribution in [0.2, 0.25) is 0 Å². The van der Waals surface area contributed by atoms with Crippen LogP contribution in [0.4, 0.5) is 0 Å². The lowest BCUT2D eigenvalue weighted by Crippen LogP contribution is -2.08. The molecule has 0 saturated carbocycles. The van der Waals surface area contributed by atoms with E-state index < -0.39 is 0 Å². The Kier molecular flexibility index (Phi) is 10.9. The molecule has 0 atom stereocenters. The molecule has 0 aliphatic rings. The first kappa shape index (κ1) is 30.7. The van der Waals surface area contributed by atoms with Gasteiger partial charge in [-0.25, -0.2) is 0 Å². The molecule has 4 aromatic carbocycles. The largest absolute Gasteiger partial charge is 0.493 e. The number of hydrogen-bond donors (Lipinski definition) is 0. The zero-order chi connectivity index (χ0) is 30.6. The van der Waals surface area contributed by atoms with Crippen molar-refractivity contribution in [2.75, 3.05) is 13.2 Å². The smallest absolute Gasteiger partial charge is 0.145 e. The third-order valence-corrected chi connectivity index (χ3v) is 7.92. The van der Waals surface area contributed by atoms with Gasteiger partial charge in [0.15, 0.2) is 0 Å². The second-order valence-corrected chi connectivity index (χ2v) is 11.1. The summed E-state index contributed by atoms with van der Waals surface area (Å²) in [7, 11) is 0. The summed E-state index contributed by atoms with van der Waals surface area (Å²) in [6.07, 6.45) is 3.31. The maximum Gasteiger partial charge on any atom is 0.145 e. The van der Waals surface area contributed by atoms with E-state index in [4.69, 9.17) is 18.9 Å². The lowest BCUT2D eigenvalue weighted by atomic mass is 10.0. The minimum Gasteiger partial charge on any atom is -0.493 e. The Morgan fingerprint density at radius 1 is 0.727 bits per heavy atom. The number of rotatable bonds is 15. The zero-order valence-electron chi connectivity index (χ0n) is 25.3. The Morgan fingerprint density at radius 3 is 2.23 bits per heavy atom. The molecule has 6 heteroatoms. The lowest BCUT2D eigenvalue weighted by Gasteiger charge is -2.18. The molecule has 44 heavy (non-hydrogen) atoms. The van der Waals surface area contributed by atoms with Gasteiger partial charge >= 0.3 is 0 Å². The standard InChI is InChI=1S/C38H37NO4S/c1-3-12-32-35(17-10-18-36(32)43-34-16-9-8-15-30(34)25-39)40-20-11-21-41-37-24-38(42-26-28-13-6-5-7-14-28)33(23-29(37)4-2)31-19-22-44-27-31/h5-10,13-19,22-24,27H,3-4,11-12,20-21,26H2,1-2H3. The topological polar surface area (TPSA) is 60.7 Å².